The van der Waals surface area contributed by atoms with Gasteiger partial charge in [0, 0.05) is 10.3 Å². The number of benzene rings is 2. The van der Waals surface area contributed by atoms with Crippen LogP contribution in [0.5, 0.6) is 0 Å². The fourth-order valence-corrected chi connectivity index (χ4v) is 3.21. The van der Waals surface area contributed by atoms with Crippen LogP contribution in [0.3, 0.4) is 0 Å². The number of nitrogens with zero attached hydrogens (tertiary/aromatic N) is 3. The molecule has 3 aromatic rings. The van der Waals surface area contributed by atoms with Gasteiger partial charge in [0.25, 0.3) is 0 Å². The Kier molecular flexibility index (Phi) is 4.27. The number of aromatic nitrogens is 3. The quantitative estimate of drug-likeness (QED) is 0.649. The van der Waals surface area contributed by atoms with E-state index in [-0.39, 0.29) is 0 Å². The molecule has 5 heteroatoms. The lowest BCUT2D eigenvalue weighted by Crippen LogP contribution is -1.97. The smallest absolute Gasteiger partial charge is 0.196 e. The molecule has 3 rings (SSSR count). The van der Waals surface area contributed by atoms with Gasteiger partial charge >= 0.3 is 0 Å². The molecule has 0 aliphatic carbocycles. The molecule has 0 amide bonds. The van der Waals surface area contributed by atoms with Crippen molar-refractivity contribution < 1.29 is 0 Å². The predicted octanol–water partition coefficient (Wildman–Crippen LogP) is 4.77. The molecule has 2 aromatic carbocycles. The van der Waals surface area contributed by atoms with Gasteiger partial charge in [0.15, 0.2) is 5.16 Å². The van der Waals surface area contributed by atoms with Crippen LogP contribution in [-0.4, -0.2) is 14.8 Å². The highest BCUT2D eigenvalue weighted by atomic mass is 35.5. The minimum absolute atomic E-state index is 0.299. The molecule has 0 fully saturated rings. The summed E-state index contributed by atoms with van der Waals surface area (Å²) < 4.78 is 1.95. The highest BCUT2D eigenvalue weighted by molar-refractivity contribution is 7.99. The van der Waals surface area contributed by atoms with E-state index in [1.807, 2.05) is 47.0 Å². The standard InChI is InChI=1S/C16H14ClN3S/c1-12(13-6-3-2-4-7-13)21-16-19-18-11-20(16)15-9-5-8-14(17)10-15/h2-12H,1H3. The van der Waals surface area contributed by atoms with Crippen LogP contribution in [0.2, 0.25) is 5.02 Å². The van der Waals surface area contributed by atoms with Crippen molar-refractivity contribution in [2.45, 2.75) is 17.3 Å². The largest absolute Gasteiger partial charge is 0.277 e. The number of hydrogen-bond donors (Lipinski definition) is 0. The van der Waals surface area contributed by atoms with Gasteiger partial charge in [-0.2, -0.15) is 0 Å². The molecule has 0 saturated carbocycles. The second-order valence-corrected chi connectivity index (χ2v) is 6.38. The molecule has 0 radical (unpaired) electrons. The highest BCUT2D eigenvalue weighted by Crippen LogP contribution is 2.34. The molecule has 1 unspecified atom stereocenters. The monoisotopic (exact) mass is 315 g/mol. The number of hydrogen-bond acceptors (Lipinski definition) is 3. The van der Waals surface area contributed by atoms with Crippen LogP contribution >= 0.6 is 23.4 Å². The summed E-state index contributed by atoms with van der Waals surface area (Å²) in [6.07, 6.45) is 1.71. The Hall–Kier alpha value is -1.78. The van der Waals surface area contributed by atoms with Crippen LogP contribution in [0.15, 0.2) is 66.1 Å². The Morgan fingerprint density at radius 3 is 2.67 bits per heavy atom. The van der Waals surface area contributed by atoms with E-state index in [1.165, 1.54) is 5.56 Å². The average molecular weight is 316 g/mol. The van der Waals surface area contributed by atoms with Gasteiger partial charge in [-0.05, 0) is 30.7 Å². The SMILES string of the molecule is CC(Sc1nncn1-c1cccc(Cl)c1)c1ccccc1. The van der Waals surface area contributed by atoms with Crippen LogP contribution in [0.25, 0.3) is 5.69 Å². The van der Waals surface area contributed by atoms with Crippen LogP contribution in [-0.2, 0) is 0 Å². The first kappa shape index (κ1) is 14.2. The molecule has 0 saturated heterocycles. The third-order valence-corrected chi connectivity index (χ3v) is 4.50. The Morgan fingerprint density at radius 2 is 1.90 bits per heavy atom. The van der Waals surface area contributed by atoms with Crippen molar-refractivity contribution in [1.29, 1.82) is 0 Å². The Bertz CT molecular complexity index is 727. The summed E-state index contributed by atoms with van der Waals surface area (Å²) in [4.78, 5) is 0. The molecular formula is C16H14ClN3S. The van der Waals surface area contributed by atoms with Gasteiger partial charge in [0.05, 0.1) is 5.69 Å². The maximum absolute atomic E-state index is 6.05. The lowest BCUT2D eigenvalue weighted by molar-refractivity contribution is 0.876. The van der Waals surface area contributed by atoms with Gasteiger partial charge < -0.3 is 0 Å². The first-order valence-electron chi connectivity index (χ1n) is 6.61. The van der Waals surface area contributed by atoms with E-state index < -0.39 is 0 Å². The second kappa shape index (κ2) is 6.33. The summed E-state index contributed by atoms with van der Waals surface area (Å²) in [5, 5.41) is 10.1. The fourth-order valence-electron chi connectivity index (χ4n) is 2.06. The minimum atomic E-state index is 0.299. The molecule has 0 bridgehead atoms. The summed E-state index contributed by atoms with van der Waals surface area (Å²) in [5.41, 5.74) is 2.23. The number of thioether (sulfide) groups is 1. The highest BCUT2D eigenvalue weighted by Gasteiger charge is 2.13. The maximum atomic E-state index is 6.05. The van der Waals surface area contributed by atoms with Crippen LogP contribution < -0.4 is 0 Å². The van der Waals surface area contributed by atoms with E-state index in [9.17, 15) is 0 Å². The van der Waals surface area contributed by atoms with Crippen molar-refractivity contribution in [3.05, 3.63) is 71.5 Å². The van der Waals surface area contributed by atoms with Gasteiger partial charge in [-0.15, -0.1) is 10.2 Å². The third kappa shape index (κ3) is 3.28. The summed E-state index contributed by atoms with van der Waals surface area (Å²) >= 11 is 7.73. The molecule has 0 N–H and O–H groups in total. The van der Waals surface area contributed by atoms with Crippen LogP contribution in [0.4, 0.5) is 0 Å². The molecular weight excluding hydrogens is 302 g/mol. The summed E-state index contributed by atoms with van der Waals surface area (Å²) in [5.74, 6) is 0. The van der Waals surface area contributed by atoms with E-state index in [0.29, 0.717) is 10.3 Å². The molecule has 1 heterocycles. The Morgan fingerprint density at radius 1 is 1.10 bits per heavy atom. The average Bonchev–Trinajstić information content (AvgIpc) is 2.96. The minimum Gasteiger partial charge on any atom is -0.277 e. The molecule has 21 heavy (non-hydrogen) atoms. The lowest BCUT2D eigenvalue weighted by Gasteiger charge is -2.12. The summed E-state index contributed by atoms with van der Waals surface area (Å²) in [7, 11) is 0. The number of rotatable bonds is 4. The second-order valence-electron chi connectivity index (χ2n) is 4.63. The molecule has 3 nitrogen and oxygen atoms in total. The zero-order chi connectivity index (χ0) is 14.7. The maximum Gasteiger partial charge on any atom is 0.196 e. The third-order valence-electron chi connectivity index (χ3n) is 3.15. The van der Waals surface area contributed by atoms with E-state index >= 15 is 0 Å². The molecule has 0 aliphatic heterocycles. The van der Waals surface area contributed by atoms with Gasteiger partial charge in [-0.25, -0.2) is 0 Å². The zero-order valence-corrected chi connectivity index (χ0v) is 13.1. The normalized spacial score (nSPS) is 12.3. The molecule has 1 atom stereocenters. The van der Waals surface area contributed by atoms with Crippen LogP contribution in [0, 0.1) is 0 Å². The van der Waals surface area contributed by atoms with E-state index in [1.54, 1.807) is 18.1 Å². The van der Waals surface area contributed by atoms with E-state index in [4.69, 9.17) is 11.6 Å². The van der Waals surface area contributed by atoms with E-state index in [2.05, 4.69) is 29.3 Å². The predicted molar refractivity (Wildman–Crippen MR) is 87.1 cm³/mol. The molecule has 0 aliphatic rings. The molecule has 106 valence electrons. The van der Waals surface area contributed by atoms with Crippen molar-refractivity contribution in [2.75, 3.05) is 0 Å². The summed E-state index contributed by atoms with van der Waals surface area (Å²) in [6.45, 7) is 2.16. The van der Waals surface area contributed by atoms with Gasteiger partial charge in [-0.3, -0.25) is 4.57 Å². The van der Waals surface area contributed by atoms with Crippen LogP contribution in [0.1, 0.15) is 17.7 Å². The Balaban J connectivity index is 1.86. The van der Waals surface area contributed by atoms with E-state index in [0.717, 1.165) is 10.8 Å². The van der Waals surface area contributed by atoms with Crippen molar-refractivity contribution >= 4 is 23.4 Å². The fraction of sp³-hybridized carbons (Fsp3) is 0.125. The van der Waals surface area contributed by atoms with Crippen molar-refractivity contribution in [1.82, 2.24) is 14.8 Å². The zero-order valence-electron chi connectivity index (χ0n) is 11.5. The van der Waals surface area contributed by atoms with Gasteiger partial charge in [0.2, 0.25) is 0 Å². The van der Waals surface area contributed by atoms with Gasteiger partial charge in [-0.1, -0.05) is 59.8 Å². The van der Waals surface area contributed by atoms with Gasteiger partial charge in [0.1, 0.15) is 6.33 Å². The number of halogens is 1. The lowest BCUT2D eigenvalue weighted by atomic mass is 10.2. The first-order valence-corrected chi connectivity index (χ1v) is 7.87. The van der Waals surface area contributed by atoms with Crippen molar-refractivity contribution in [3.63, 3.8) is 0 Å². The Labute approximate surface area is 133 Å². The van der Waals surface area contributed by atoms with Crippen molar-refractivity contribution in [2.24, 2.45) is 0 Å². The van der Waals surface area contributed by atoms with Crippen molar-refractivity contribution in [3.8, 4) is 5.69 Å². The summed E-state index contributed by atoms with van der Waals surface area (Å²) in [6, 6.07) is 18.0. The molecule has 1 aromatic heterocycles. The topological polar surface area (TPSA) is 30.7 Å². The first-order chi connectivity index (χ1) is 10.2. The molecule has 0 spiro atoms.